The van der Waals surface area contributed by atoms with Gasteiger partial charge in [0.15, 0.2) is 11.5 Å². The van der Waals surface area contributed by atoms with E-state index in [-0.39, 0.29) is 5.91 Å². The summed E-state index contributed by atoms with van der Waals surface area (Å²) in [5.74, 6) is 1.40. The number of para-hydroxylation sites is 1. The van der Waals surface area contributed by atoms with Gasteiger partial charge in [-0.3, -0.25) is 4.79 Å². The van der Waals surface area contributed by atoms with Crippen LogP contribution in [0.1, 0.15) is 16.7 Å². The molecule has 1 heterocycles. The maximum atomic E-state index is 12.7. The topological polar surface area (TPSA) is 48.0 Å². The quantitative estimate of drug-likeness (QED) is 0.660. The Hall–Kier alpha value is -2.37. The van der Waals surface area contributed by atoms with Gasteiger partial charge in [-0.1, -0.05) is 41.4 Å². The van der Waals surface area contributed by atoms with E-state index < -0.39 is 0 Å². The Labute approximate surface area is 174 Å². The number of amides is 1. The molecule has 0 aliphatic carbocycles. The second-order valence-corrected chi connectivity index (χ2v) is 6.99. The first-order valence-electron chi connectivity index (χ1n) is 8.72. The molecule has 28 heavy (non-hydrogen) atoms. The third-order valence-electron chi connectivity index (χ3n) is 4.74. The first kappa shape index (κ1) is 20.4. The van der Waals surface area contributed by atoms with Crippen LogP contribution in [0.25, 0.3) is 6.08 Å². The van der Waals surface area contributed by atoms with Gasteiger partial charge in [0.2, 0.25) is 5.91 Å². The van der Waals surface area contributed by atoms with Crippen molar-refractivity contribution in [3.63, 3.8) is 0 Å². The molecule has 0 fully saturated rings. The normalized spacial score (nSPS) is 13.4. The summed E-state index contributed by atoms with van der Waals surface area (Å²) in [5, 5.41) is 0.903. The van der Waals surface area contributed by atoms with Gasteiger partial charge >= 0.3 is 0 Å². The molecule has 2 aromatic carbocycles. The smallest absolute Gasteiger partial charge is 0.246 e. The summed E-state index contributed by atoms with van der Waals surface area (Å²) in [6, 6.07) is 7.52. The lowest BCUT2D eigenvalue weighted by Crippen LogP contribution is -2.35. The SMILES string of the molecule is COc1ccccc1C=CC(=O)N1CCc2c(Cl)c(OC)c(OC)c(Cl)c2C1. The van der Waals surface area contributed by atoms with Crippen LogP contribution in [0.2, 0.25) is 10.0 Å². The number of halogens is 2. The molecule has 148 valence electrons. The van der Waals surface area contributed by atoms with Crippen LogP contribution in [0, 0.1) is 0 Å². The number of benzene rings is 2. The molecule has 7 heteroatoms. The number of carbonyl (C=O) groups excluding carboxylic acids is 1. The minimum atomic E-state index is -0.112. The monoisotopic (exact) mass is 421 g/mol. The van der Waals surface area contributed by atoms with E-state index >= 15 is 0 Å². The predicted molar refractivity (Wildman–Crippen MR) is 111 cm³/mol. The first-order chi connectivity index (χ1) is 13.5. The molecule has 5 nitrogen and oxygen atoms in total. The first-order valence-corrected chi connectivity index (χ1v) is 9.48. The highest BCUT2D eigenvalue weighted by Gasteiger charge is 2.29. The zero-order chi connectivity index (χ0) is 20.3. The van der Waals surface area contributed by atoms with E-state index in [1.54, 1.807) is 24.2 Å². The highest BCUT2D eigenvalue weighted by molar-refractivity contribution is 6.37. The van der Waals surface area contributed by atoms with Gasteiger partial charge in [0, 0.05) is 24.7 Å². The number of ether oxygens (including phenoxy) is 3. The number of hydrogen-bond acceptors (Lipinski definition) is 4. The van der Waals surface area contributed by atoms with Gasteiger partial charge in [0.1, 0.15) is 5.75 Å². The molecule has 0 N–H and O–H groups in total. The van der Waals surface area contributed by atoms with E-state index in [0.717, 1.165) is 16.7 Å². The summed E-state index contributed by atoms with van der Waals surface area (Å²) in [7, 11) is 4.63. The van der Waals surface area contributed by atoms with Gasteiger partial charge in [0.25, 0.3) is 0 Å². The van der Waals surface area contributed by atoms with Crippen LogP contribution in [0.3, 0.4) is 0 Å². The third kappa shape index (κ3) is 3.77. The lowest BCUT2D eigenvalue weighted by Gasteiger charge is -2.30. The molecule has 0 saturated carbocycles. The molecule has 0 atom stereocenters. The van der Waals surface area contributed by atoms with Gasteiger partial charge in [-0.2, -0.15) is 0 Å². The fourth-order valence-electron chi connectivity index (χ4n) is 3.30. The van der Waals surface area contributed by atoms with Gasteiger partial charge in [-0.15, -0.1) is 0 Å². The van der Waals surface area contributed by atoms with E-state index in [2.05, 4.69) is 0 Å². The maximum absolute atomic E-state index is 12.7. The maximum Gasteiger partial charge on any atom is 0.246 e. The zero-order valence-electron chi connectivity index (χ0n) is 15.9. The van der Waals surface area contributed by atoms with Crippen molar-refractivity contribution in [2.75, 3.05) is 27.9 Å². The Balaban J connectivity index is 1.86. The average molecular weight is 422 g/mol. The van der Waals surface area contributed by atoms with E-state index in [0.29, 0.717) is 46.8 Å². The van der Waals surface area contributed by atoms with E-state index in [9.17, 15) is 4.79 Å². The zero-order valence-corrected chi connectivity index (χ0v) is 17.4. The van der Waals surface area contributed by atoms with Crippen molar-refractivity contribution in [2.24, 2.45) is 0 Å². The Bertz CT molecular complexity index is 927. The number of methoxy groups -OCH3 is 3. The Morgan fingerprint density at radius 1 is 1.00 bits per heavy atom. The molecule has 2 aromatic rings. The van der Waals surface area contributed by atoms with Crippen molar-refractivity contribution in [1.29, 1.82) is 0 Å². The molecule has 3 rings (SSSR count). The van der Waals surface area contributed by atoms with E-state index in [4.69, 9.17) is 37.4 Å². The second-order valence-electron chi connectivity index (χ2n) is 6.24. The number of carbonyl (C=O) groups is 1. The predicted octanol–water partition coefficient (Wildman–Crippen LogP) is 4.62. The van der Waals surface area contributed by atoms with Crippen LogP contribution in [0.15, 0.2) is 30.3 Å². The molecule has 0 radical (unpaired) electrons. The molecule has 0 spiro atoms. The van der Waals surface area contributed by atoms with Gasteiger partial charge in [0.05, 0.1) is 31.4 Å². The third-order valence-corrected chi connectivity index (χ3v) is 5.54. The van der Waals surface area contributed by atoms with Crippen molar-refractivity contribution in [1.82, 2.24) is 4.90 Å². The Kier molecular flexibility index (Phi) is 6.37. The van der Waals surface area contributed by atoms with Crippen LogP contribution < -0.4 is 14.2 Å². The molecule has 1 amide bonds. The Morgan fingerprint density at radius 3 is 2.29 bits per heavy atom. The van der Waals surface area contributed by atoms with E-state index in [1.807, 2.05) is 24.3 Å². The van der Waals surface area contributed by atoms with E-state index in [1.165, 1.54) is 14.2 Å². The standard InChI is InChI=1S/C21H21Cl2NO4/c1-26-16-7-5-4-6-13(16)8-9-17(25)24-11-10-14-15(12-24)19(23)21(28-3)20(27-2)18(14)22/h4-9H,10-12H2,1-3H3. The molecule has 1 aliphatic rings. The molecular weight excluding hydrogens is 401 g/mol. The van der Waals surface area contributed by atoms with Gasteiger partial charge in [-0.05, 0) is 29.7 Å². The lowest BCUT2D eigenvalue weighted by molar-refractivity contribution is -0.126. The van der Waals surface area contributed by atoms with Crippen LogP contribution in [-0.4, -0.2) is 38.7 Å². The van der Waals surface area contributed by atoms with Crippen molar-refractivity contribution in [2.45, 2.75) is 13.0 Å². The number of fused-ring (bicyclic) bond motifs is 1. The largest absolute Gasteiger partial charge is 0.496 e. The molecule has 0 saturated heterocycles. The van der Waals surface area contributed by atoms with Crippen LogP contribution in [0.5, 0.6) is 17.2 Å². The summed E-state index contributed by atoms with van der Waals surface area (Å²) >= 11 is 13.0. The summed E-state index contributed by atoms with van der Waals surface area (Å²) < 4.78 is 16.0. The van der Waals surface area contributed by atoms with Gasteiger partial charge in [-0.25, -0.2) is 0 Å². The molecule has 0 unspecified atom stereocenters. The average Bonchev–Trinajstić information content (AvgIpc) is 2.74. The molecule has 0 bridgehead atoms. The van der Waals surface area contributed by atoms with Crippen molar-refractivity contribution in [3.8, 4) is 17.2 Å². The minimum absolute atomic E-state index is 0.112. The lowest BCUT2D eigenvalue weighted by atomic mass is 9.98. The fraction of sp³-hybridized carbons (Fsp3) is 0.286. The summed E-state index contributed by atoms with van der Waals surface area (Å²) in [6.45, 7) is 0.886. The van der Waals surface area contributed by atoms with Crippen molar-refractivity contribution in [3.05, 3.63) is 57.1 Å². The summed E-state index contributed by atoms with van der Waals surface area (Å²) in [4.78, 5) is 14.4. The van der Waals surface area contributed by atoms with Crippen LogP contribution >= 0.6 is 23.2 Å². The number of rotatable bonds is 5. The summed E-state index contributed by atoms with van der Waals surface area (Å²) in [6.07, 6.45) is 3.88. The minimum Gasteiger partial charge on any atom is -0.496 e. The number of nitrogens with zero attached hydrogens (tertiary/aromatic N) is 1. The molecular formula is C21H21Cl2NO4. The Morgan fingerprint density at radius 2 is 1.64 bits per heavy atom. The van der Waals surface area contributed by atoms with Crippen molar-refractivity contribution < 1.29 is 19.0 Å². The summed E-state index contributed by atoms with van der Waals surface area (Å²) in [5.41, 5.74) is 2.51. The fourth-order valence-corrected chi connectivity index (χ4v) is 4.01. The second kappa shape index (κ2) is 8.76. The number of hydrogen-bond donors (Lipinski definition) is 0. The molecule has 0 aromatic heterocycles. The van der Waals surface area contributed by atoms with Crippen LogP contribution in [0.4, 0.5) is 0 Å². The molecule has 1 aliphatic heterocycles. The van der Waals surface area contributed by atoms with Crippen LogP contribution in [-0.2, 0) is 17.8 Å². The highest BCUT2D eigenvalue weighted by atomic mass is 35.5. The van der Waals surface area contributed by atoms with Gasteiger partial charge < -0.3 is 19.1 Å². The van der Waals surface area contributed by atoms with Crippen molar-refractivity contribution >= 4 is 35.2 Å². The highest BCUT2D eigenvalue weighted by Crippen LogP contribution is 2.47.